The van der Waals surface area contributed by atoms with Crippen LogP contribution in [0.3, 0.4) is 0 Å². The molecule has 0 spiro atoms. The van der Waals surface area contributed by atoms with Crippen LogP contribution in [0.25, 0.3) is 9.69 Å². The van der Waals surface area contributed by atoms with Gasteiger partial charge in [0.1, 0.15) is 6.17 Å². The van der Waals surface area contributed by atoms with Crippen molar-refractivity contribution >= 4 is 28.4 Å². The van der Waals surface area contributed by atoms with Gasteiger partial charge in [-0.1, -0.05) is 23.8 Å². The summed E-state index contributed by atoms with van der Waals surface area (Å²) in [6.45, 7) is 21.2. The van der Waals surface area contributed by atoms with Gasteiger partial charge in [0.05, 0.1) is 18.8 Å². The van der Waals surface area contributed by atoms with E-state index in [-0.39, 0.29) is 6.17 Å². The first-order valence-corrected chi connectivity index (χ1v) is 7.50. The maximum absolute atomic E-state index is 7.56. The number of rotatable bonds is 1. The summed E-state index contributed by atoms with van der Waals surface area (Å²) in [4.78, 5) is 11.5. The van der Waals surface area contributed by atoms with Crippen molar-refractivity contribution in [2.75, 3.05) is 16.8 Å². The molecule has 0 unspecified atom stereocenters. The van der Waals surface area contributed by atoms with Gasteiger partial charge < -0.3 is 9.80 Å². The van der Waals surface area contributed by atoms with Gasteiger partial charge >= 0.3 is 0 Å². The molecule has 2 aromatic carbocycles. The highest BCUT2D eigenvalue weighted by atomic mass is 15.4. The maximum atomic E-state index is 7.56. The molecule has 0 amide bonds. The van der Waals surface area contributed by atoms with Crippen LogP contribution in [0.4, 0.5) is 28.4 Å². The Morgan fingerprint density at radius 3 is 2.30 bits per heavy atom. The van der Waals surface area contributed by atoms with E-state index in [4.69, 9.17) is 13.1 Å². The molecule has 0 fully saturated rings. The van der Waals surface area contributed by atoms with E-state index in [1.165, 1.54) is 11.1 Å². The van der Waals surface area contributed by atoms with Gasteiger partial charge in [-0.05, 0) is 38.5 Å². The third-order valence-electron chi connectivity index (χ3n) is 4.51. The summed E-state index contributed by atoms with van der Waals surface area (Å²) in [7, 11) is 2.03. The van der Waals surface area contributed by atoms with Gasteiger partial charge in [-0.2, -0.15) is 0 Å². The van der Waals surface area contributed by atoms with E-state index in [1.54, 1.807) is 6.07 Å². The van der Waals surface area contributed by atoms with Crippen molar-refractivity contribution in [1.82, 2.24) is 0 Å². The fourth-order valence-electron chi connectivity index (χ4n) is 3.24. The second-order valence-corrected chi connectivity index (χ2v) is 5.93. The van der Waals surface area contributed by atoms with Crippen LogP contribution >= 0.6 is 0 Å². The maximum Gasteiger partial charge on any atom is 0.219 e. The molecule has 0 N–H and O–H groups in total. The van der Waals surface area contributed by atoms with Crippen LogP contribution < -0.4 is 9.80 Å². The third-order valence-corrected chi connectivity index (χ3v) is 4.51. The van der Waals surface area contributed by atoms with Gasteiger partial charge in [0, 0.05) is 18.4 Å². The highest BCUT2D eigenvalue weighted by Crippen LogP contribution is 2.53. The average Bonchev–Trinajstić information content (AvgIpc) is 2.79. The van der Waals surface area contributed by atoms with E-state index in [1.807, 2.05) is 13.1 Å². The molecule has 23 heavy (non-hydrogen) atoms. The molecule has 2 aromatic rings. The highest BCUT2D eigenvalue weighted by Gasteiger charge is 2.35. The molecule has 0 radical (unpaired) electrons. The van der Waals surface area contributed by atoms with Crippen LogP contribution in [0.15, 0.2) is 30.3 Å². The van der Waals surface area contributed by atoms with E-state index in [9.17, 15) is 0 Å². The van der Waals surface area contributed by atoms with Crippen molar-refractivity contribution in [3.8, 4) is 0 Å². The zero-order chi connectivity index (χ0) is 16.7. The van der Waals surface area contributed by atoms with Gasteiger partial charge in [0.15, 0.2) is 5.69 Å². The minimum atomic E-state index is 0.0906. The molecule has 0 bridgehead atoms. The molecule has 0 aliphatic carbocycles. The van der Waals surface area contributed by atoms with Crippen LogP contribution in [0, 0.1) is 27.0 Å². The number of hydrogen-bond donors (Lipinski definition) is 0. The predicted octanol–water partition coefficient (Wildman–Crippen LogP) is 5.34. The lowest BCUT2D eigenvalue weighted by molar-refractivity contribution is 0.733. The first kappa shape index (κ1) is 14.9. The van der Waals surface area contributed by atoms with E-state index in [0.29, 0.717) is 11.4 Å². The molecule has 114 valence electrons. The van der Waals surface area contributed by atoms with Crippen molar-refractivity contribution < 1.29 is 0 Å². The van der Waals surface area contributed by atoms with Crippen LogP contribution in [0.5, 0.6) is 0 Å². The van der Waals surface area contributed by atoms with Gasteiger partial charge in [0.2, 0.25) is 5.69 Å². The fraction of sp³-hybridized carbons (Fsp3) is 0.263. The second-order valence-electron chi connectivity index (χ2n) is 5.93. The Kier molecular flexibility index (Phi) is 3.47. The van der Waals surface area contributed by atoms with E-state index in [2.05, 4.69) is 58.5 Å². The molecule has 4 nitrogen and oxygen atoms in total. The number of hydrogen-bond acceptors (Lipinski definition) is 2. The van der Waals surface area contributed by atoms with Gasteiger partial charge in [-0.15, -0.1) is 0 Å². The fourth-order valence-corrected chi connectivity index (χ4v) is 3.24. The number of benzene rings is 2. The molecule has 1 atom stereocenters. The van der Waals surface area contributed by atoms with Crippen molar-refractivity contribution in [1.29, 1.82) is 0 Å². The Balaban J connectivity index is 2.30. The molecule has 1 heterocycles. The summed E-state index contributed by atoms with van der Waals surface area (Å²) in [6, 6.07) is 10.0. The molecule has 4 heteroatoms. The van der Waals surface area contributed by atoms with E-state index in [0.717, 1.165) is 17.1 Å². The summed E-state index contributed by atoms with van der Waals surface area (Å²) in [5, 5.41) is 0. The second kappa shape index (κ2) is 5.34. The summed E-state index contributed by atoms with van der Waals surface area (Å²) in [5.74, 6) is 0. The summed E-state index contributed by atoms with van der Waals surface area (Å²) in [5.41, 5.74) is 6.16. The van der Waals surface area contributed by atoms with Crippen molar-refractivity contribution in [2.24, 2.45) is 0 Å². The summed E-state index contributed by atoms with van der Waals surface area (Å²) < 4.78 is 0. The first-order valence-electron chi connectivity index (χ1n) is 7.50. The predicted molar refractivity (Wildman–Crippen MR) is 94.9 cm³/mol. The molecule has 0 saturated carbocycles. The molecule has 0 saturated heterocycles. The summed E-state index contributed by atoms with van der Waals surface area (Å²) in [6.07, 6.45) is 0.0906. The largest absolute Gasteiger partial charge is 0.354 e. The monoisotopic (exact) mass is 302 g/mol. The lowest BCUT2D eigenvalue weighted by Gasteiger charge is -2.30. The third kappa shape index (κ3) is 2.12. The normalized spacial score (nSPS) is 16.0. The topological polar surface area (TPSA) is 15.2 Å². The number of nitrogens with zero attached hydrogens (tertiary/aromatic N) is 4. The Morgan fingerprint density at radius 1 is 1.00 bits per heavy atom. The average molecular weight is 302 g/mol. The Hall–Kier alpha value is -2.98. The smallest absolute Gasteiger partial charge is 0.219 e. The minimum Gasteiger partial charge on any atom is -0.354 e. The van der Waals surface area contributed by atoms with Crippen molar-refractivity contribution in [3.63, 3.8) is 0 Å². The number of aryl methyl sites for hydroxylation is 2. The zero-order valence-corrected chi connectivity index (χ0v) is 13.8. The summed E-state index contributed by atoms with van der Waals surface area (Å²) >= 11 is 0. The molecule has 0 aromatic heterocycles. The zero-order valence-electron chi connectivity index (χ0n) is 13.8. The van der Waals surface area contributed by atoms with Crippen LogP contribution in [-0.4, -0.2) is 13.2 Å². The van der Waals surface area contributed by atoms with E-state index >= 15 is 0 Å². The molecular formula is C19H18N4. The van der Waals surface area contributed by atoms with Gasteiger partial charge in [-0.25, -0.2) is 4.85 Å². The van der Waals surface area contributed by atoms with Crippen LogP contribution in [-0.2, 0) is 0 Å². The quantitative estimate of drug-likeness (QED) is 0.661. The Labute approximate surface area is 137 Å². The lowest BCUT2D eigenvalue weighted by atomic mass is 10.1. The molecule has 1 aliphatic heterocycles. The van der Waals surface area contributed by atoms with Gasteiger partial charge in [0.25, 0.3) is 0 Å². The van der Waals surface area contributed by atoms with Crippen LogP contribution in [0.1, 0.15) is 18.1 Å². The van der Waals surface area contributed by atoms with Gasteiger partial charge in [-0.3, -0.25) is 4.85 Å². The van der Waals surface area contributed by atoms with E-state index < -0.39 is 0 Å². The highest BCUT2D eigenvalue weighted by molar-refractivity contribution is 5.99. The number of fused-ring (bicyclic) bond motifs is 1. The lowest BCUT2D eigenvalue weighted by Crippen LogP contribution is -2.35. The molecule has 3 rings (SSSR count). The molecule has 1 aliphatic rings. The van der Waals surface area contributed by atoms with Crippen molar-refractivity contribution in [3.05, 3.63) is 64.3 Å². The first-order chi connectivity index (χ1) is 11.0. The SMILES string of the molecule is [C-]#[N+]c1ccc2c(c1[N+]#[C-])N(c1ccc(C)cc1C)[C@@H](C)N2C. The minimum absolute atomic E-state index is 0.0906. The standard InChI is InChI=1S/C19H18N4/c1-12-7-9-16(13(2)11-12)23-14(3)22(6)17-10-8-15(20-4)18(21-5)19(17)23/h7-11,14H,1-3,6H3/t14-/m0/s1. The number of anilines is 3. The molecular weight excluding hydrogens is 284 g/mol. The Morgan fingerprint density at radius 2 is 1.70 bits per heavy atom. The van der Waals surface area contributed by atoms with Crippen LogP contribution in [0.2, 0.25) is 0 Å². The Bertz CT molecular complexity index is 870. The van der Waals surface area contributed by atoms with Crippen molar-refractivity contribution in [2.45, 2.75) is 26.9 Å².